The third-order valence-corrected chi connectivity index (χ3v) is 3.50. The Morgan fingerprint density at radius 3 is 2.80 bits per heavy atom. The maximum absolute atomic E-state index is 13.2. The van der Waals surface area contributed by atoms with Gasteiger partial charge < -0.3 is 11.1 Å². The fraction of sp³-hybridized carbons (Fsp3) is 0. The fourth-order valence-electron chi connectivity index (χ4n) is 1.61. The van der Waals surface area contributed by atoms with Crippen molar-refractivity contribution in [1.29, 1.82) is 5.26 Å². The van der Waals surface area contributed by atoms with Crippen LogP contribution in [0.4, 0.5) is 15.8 Å². The highest BCUT2D eigenvalue weighted by molar-refractivity contribution is 9.10. The van der Waals surface area contributed by atoms with Gasteiger partial charge in [0.25, 0.3) is 5.91 Å². The molecule has 1 amide bonds. The Morgan fingerprint density at radius 2 is 2.10 bits per heavy atom. The molecule has 3 N–H and O–H groups in total. The summed E-state index contributed by atoms with van der Waals surface area (Å²) >= 11 is 3.24. The molecular weight excluding hydrogens is 325 g/mol. The third kappa shape index (κ3) is 2.78. The highest BCUT2D eigenvalue weighted by Gasteiger charge is 2.12. The van der Waals surface area contributed by atoms with E-state index >= 15 is 0 Å². The van der Waals surface area contributed by atoms with Gasteiger partial charge in [-0.15, -0.1) is 0 Å². The Morgan fingerprint density at radius 1 is 1.35 bits per heavy atom. The van der Waals surface area contributed by atoms with Crippen LogP contribution >= 0.6 is 15.9 Å². The first-order valence-corrected chi connectivity index (χ1v) is 6.37. The molecule has 0 spiro atoms. The van der Waals surface area contributed by atoms with Crippen molar-refractivity contribution in [2.24, 2.45) is 0 Å². The second-order valence-corrected chi connectivity index (χ2v) is 4.76. The zero-order chi connectivity index (χ0) is 14.7. The Balaban J connectivity index is 2.29. The van der Waals surface area contributed by atoms with Crippen molar-refractivity contribution < 1.29 is 9.18 Å². The standard InChI is InChI=1S/C14H9BrFN3O/c15-13-10(2-1-3-12(13)18)14(20)19-9-4-5-11(16)8(6-9)7-17/h1-6H,18H2,(H,19,20). The maximum atomic E-state index is 13.2. The molecule has 4 nitrogen and oxygen atoms in total. The maximum Gasteiger partial charge on any atom is 0.256 e. The van der Waals surface area contributed by atoms with Crippen molar-refractivity contribution in [2.75, 3.05) is 11.1 Å². The van der Waals surface area contributed by atoms with Crippen molar-refractivity contribution in [3.05, 3.63) is 57.8 Å². The number of carbonyl (C=O) groups excluding carboxylic acids is 1. The van der Waals surface area contributed by atoms with Crippen LogP contribution in [-0.2, 0) is 0 Å². The van der Waals surface area contributed by atoms with E-state index in [-0.39, 0.29) is 5.56 Å². The van der Waals surface area contributed by atoms with E-state index in [9.17, 15) is 9.18 Å². The zero-order valence-electron chi connectivity index (χ0n) is 10.2. The summed E-state index contributed by atoms with van der Waals surface area (Å²) < 4.78 is 13.7. The molecule has 0 heterocycles. The van der Waals surface area contributed by atoms with Gasteiger partial charge in [-0.25, -0.2) is 4.39 Å². The molecule has 0 fully saturated rings. The first-order chi connectivity index (χ1) is 9.52. The number of nitrogens with two attached hydrogens (primary N) is 1. The molecule has 100 valence electrons. The predicted molar refractivity (Wildman–Crippen MR) is 77.6 cm³/mol. The van der Waals surface area contributed by atoms with Gasteiger partial charge in [0.1, 0.15) is 11.9 Å². The summed E-state index contributed by atoms with van der Waals surface area (Å²) in [6.07, 6.45) is 0. The smallest absolute Gasteiger partial charge is 0.256 e. The van der Waals surface area contributed by atoms with Gasteiger partial charge in [-0.3, -0.25) is 4.79 Å². The van der Waals surface area contributed by atoms with Crippen molar-refractivity contribution in [2.45, 2.75) is 0 Å². The van der Waals surface area contributed by atoms with Gasteiger partial charge in [0.2, 0.25) is 0 Å². The molecule has 0 radical (unpaired) electrons. The summed E-state index contributed by atoms with van der Waals surface area (Å²) in [5.41, 5.74) is 6.70. The summed E-state index contributed by atoms with van der Waals surface area (Å²) in [5.74, 6) is -1.03. The topological polar surface area (TPSA) is 78.9 Å². The number of rotatable bonds is 2. The number of anilines is 2. The van der Waals surface area contributed by atoms with Gasteiger partial charge in [-0.05, 0) is 46.3 Å². The van der Waals surface area contributed by atoms with Gasteiger partial charge in [-0.1, -0.05) is 6.07 Å². The van der Waals surface area contributed by atoms with Crippen LogP contribution in [-0.4, -0.2) is 5.91 Å². The highest BCUT2D eigenvalue weighted by atomic mass is 79.9. The summed E-state index contributed by atoms with van der Waals surface area (Å²) in [6, 6.07) is 10.4. The quantitative estimate of drug-likeness (QED) is 0.827. The molecular formula is C14H9BrFN3O. The molecule has 20 heavy (non-hydrogen) atoms. The van der Waals surface area contributed by atoms with E-state index in [4.69, 9.17) is 11.0 Å². The minimum atomic E-state index is -0.629. The molecule has 2 aromatic rings. The van der Waals surface area contributed by atoms with E-state index in [0.29, 0.717) is 21.4 Å². The Hall–Kier alpha value is -2.39. The van der Waals surface area contributed by atoms with Crippen LogP contribution in [0.3, 0.4) is 0 Å². The molecule has 0 saturated carbocycles. The van der Waals surface area contributed by atoms with Gasteiger partial charge in [-0.2, -0.15) is 5.26 Å². The number of nitrogens with zero attached hydrogens (tertiary/aromatic N) is 1. The van der Waals surface area contributed by atoms with Crippen molar-refractivity contribution in [3.63, 3.8) is 0 Å². The lowest BCUT2D eigenvalue weighted by Crippen LogP contribution is -2.13. The second kappa shape index (κ2) is 5.72. The third-order valence-electron chi connectivity index (χ3n) is 2.62. The van der Waals surface area contributed by atoms with Crippen molar-refractivity contribution >= 4 is 33.2 Å². The molecule has 0 atom stereocenters. The summed E-state index contributed by atoms with van der Waals surface area (Å²) in [6.45, 7) is 0. The number of nitrogens with one attached hydrogen (secondary N) is 1. The first kappa shape index (κ1) is 14.0. The average Bonchev–Trinajstić information content (AvgIpc) is 2.43. The van der Waals surface area contributed by atoms with E-state index in [1.165, 1.54) is 12.1 Å². The lowest BCUT2D eigenvalue weighted by molar-refractivity contribution is 0.102. The molecule has 0 aliphatic rings. The lowest BCUT2D eigenvalue weighted by atomic mass is 10.1. The van der Waals surface area contributed by atoms with Crippen LogP contribution in [0.15, 0.2) is 40.9 Å². The Labute approximate surface area is 123 Å². The number of carbonyl (C=O) groups is 1. The second-order valence-electron chi connectivity index (χ2n) is 3.97. The molecule has 2 rings (SSSR count). The van der Waals surface area contributed by atoms with Crippen LogP contribution in [0.1, 0.15) is 15.9 Å². The summed E-state index contributed by atoms with van der Waals surface area (Å²) in [5, 5.41) is 11.3. The van der Waals surface area contributed by atoms with Gasteiger partial charge in [0.05, 0.1) is 15.6 Å². The molecule has 2 aromatic carbocycles. The Bertz CT molecular complexity index is 725. The fourth-order valence-corrected chi connectivity index (χ4v) is 2.06. The van der Waals surface area contributed by atoms with Crippen molar-refractivity contribution in [1.82, 2.24) is 0 Å². The minimum absolute atomic E-state index is 0.130. The van der Waals surface area contributed by atoms with Crippen LogP contribution in [0.2, 0.25) is 0 Å². The normalized spacial score (nSPS) is 9.85. The van der Waals surface area contributed by atoms with Crippen LogP contribution in [0, 0.1) is 17.1 Å². The predicted octanol–water partition coefficient (Wildman–Crippen LogP) is 3.29. The molecule has 0 unspecified atom stereocenters. The monoisotopic (exact) mass is 333 g/mol. The lowest BCUT2D eigenvalue weighted by Gasteiger charge is -2.08. The number of nitrogen functional groups attached to an aromatic ring is 1. The molecule has 0 saturated heterocycles. The highest BCUT2D eigenvalue weighted by Crippen LogP contribution is 2.25. The molecule has 0 aromatic heterocycles. The largest absolute Gasteiger partial charge is 0.398 e. The van der Waals surface area contributed by atoms with Gasteiger partial charge in [0, 0.05) is 11.4 Å². The van der Waals surface area contributed by atoms with E-state index in [1.54, 1.807) is 24.3 Å². The van der Waals surface area contributed by atoms with E-state index in [0.717, 1.165) is 6.07 Å². The molecule has 0 bridgehead atoms. The molecule has 0 aliphatic heterocycles. The zero-order valence-corrected chi connectivity index (χ0v) is 11.7. The summed E-state index contributed by atoms with van der Waals surface area (Å²) in [4.78, 5) is 12.1. The number of halogens is 2. The van der Waals surface area contributed by atoms with Crippen LogP contribution in [0.5, 0.6) is 0 Å². The van der Waals surface area contributed by atoms with Crippen LogP contribution in [0.25, 0.3) is 0 Å². The number of hydrogen-bond donors (Lipinski definition) is 2. The summed E-state index contributed by atoms with van der Waals surface area (Å²) in [7, 11) is 0. The average molecular weight is 334 g/mol. The van der Waals surface area contributed by atoms with Crippen LogP contribution < -0.4 is 11.1 Å². The van der Waals surface area contributed by atoms with Crippen molar-refractivity contribution in [3.8, 4) is 6.07 Å². The molecule has 6 heteroatoms. The van der Waals surface area contributed by atoms with E-state index in [2.05, 4.69) is 21.2 Å². The SMILES string of the molecule is N#Cc1cc(NC(=O)c2cccc(N)c2Br)ccc1F. The Kier molecular flexibility index (Phi) is 4.01. The number of benzene rings is 2. The number of amides is 1. The number of nitriles is 1. The van der Waals surface area contributed by atoms with E-state index in [1.807, 2.05) is 0 Å². The van der Waals surface area contributed by atoms with E-state index < -0.39 is 11.7 Å². The molecule has 0 aliphatic carbocycles. The van der Waals surface area contributed by atoms with Gasteiger partial charge >= 0.3 is 0 Å². The first-order valence-electron chi connectivity index (χ1n) is 5.58. The minimum Gasteiger partial charge on any atom is -0.398 e. The van der Waals surface area contributed by atoms with Gasteiger partial charge in [0.15, 0.2) is 0 Å². The number of hydrogen-bond acceptors (Lipinski definition) is 3.